The Hall–Kier alpha value is -1.40. The molecule has 0 amide bonds. The molecule has 138 valence electrons. The third kappa shape index (κ3) is 3.60. The van der Waals surface area contributed by atoms with Crippen molar-refractivity contribution >= 4 is 15.8 Å². The summed E-state index contributed by atoms with van der Waals surface area (Å²) in [6.07, 6.45) is 3.02. The van der Waals surface area contributed by atoms with Crippen molar-refractivity contribution in [1.29, 1.82) is 0 Å². The van der Waals surface area contributed by atoms with Crippen molar-refractivity contribution in [2.75, 3.05) is 18.8 Å². The number of sulfonamides is 1. The topological polar surface area (TPSA) is 63.7 Å². The molecule has 3 rings (SSSR count). The predicted molar refractivity (Wildman–Crippen MR) is 97.7 cm³/mol. The monoisotopic (exact) mass is 365 g/mol. The molecule has 1 aromatic rings. The highest BCUT2D eigenvalue weighted by Crippen LogP contribution is 2.40. The number of fused-ring (bicyclic) bond motifs is 1. The van der Waals surface area contributed by atoms with Gasteiger partial charge in [0.15, 0.2) is 5.78 Å². The lowest BCUT2D eigenvalue weighted by molar-refractivity contribution is 0.00586. The molecule has 2 aliphatic heterocycles. The van der Waals surface area contributed by atoms with Gasteiger partial charge in [-0.05, 0) is 43.5 Å². The zero-order valence-electron chi connectivity index (χ0n) is 15.3. The van der Waals surface area contributed by atoms with Gasteiger partial charge >= 0.3 is 0 Å². The van der Waals surface area contributed by atoms with Crippen molar-refractivity contribution in [3.05, 3.63) is 28.8 Å². The van der Waals surface area contributed by atoms with E-state index in [0.717, 1.165) is 17.5 Å². The van der Waals surface area contributed by atoms with E-state index in [1.165, 1.54) is 0 Å². The smallest absolute Gasteiger partial charge is 0.214 e. The van der Waals surface area contributed by atoms with Crippen molar-refractivity contribution < 1.29 is 17.9 Å². The average Bonchev–Trinajstić information content (AvgIpc) is 2.55. The van der Waals surface area contributed by atoms with Gasteiger partial charge in [0.05, 0.1) is 17.7 Å². The van der Waals surface area contributed by atoms with Crippen LogP contribution in [0.15, 0.2) is 12.1 Å². The molecule has 0 saturated carbocycles. The first-order valence-corrected chi connectivity index (χ1v) is 10.7. The van der Waals surface area contributed by atoms with Crippen LogP contribution in [-0.4, -0.2) is 42.9 Å². The number of benzene rings is 1. The lowest BCUT2D eigenvalue weighted by atomic mass is 9.82. The summed E-state index contributed by atoms with van der Waals surface area (Å²) in [5.74, 6) is 0.964. The fourth-order valence-electron chi connectivity index (χ4n) is 3.66. The first-order chi connectivity index (χ1) is 11.8. The van der Waals surface area contributed by atoms with E-state index < -0.39 is 15.6 Å². The zero-order chi connectivity index (χ0) is 18.2. The number of nitrogens with zero attached hydrogens (tertiary/aromatic N) is 1. The molecule has 0 aliphatic carbocycles. The Labute approximate surface area is 150 Å². The first kappa shape index (κ1) is 18.4. The summed E-state index contributed by atoms with van der Waals surface area (Å²) < 4.78 is 32.6. The van der Waals surface area contributed by atoms with E-state index in [2.05, 4.69) is 0 Å². The number of unbranched alkanes of at least 4 members (excludes halogenated alkanes) is 1. The van der Waals surface area contributed by atoms with E-state index in [1.54, 1.807) is 4.31 Å². The number of ether oxygens (including phenoxy) is 1. The van der Waals surface area contributed by atoms with Crippen LogP contribution in [0.2, 0.25) is 0 Å². The largest absolute Gasteiger partial charge is 0.486 e. The van der Waals surface area contributed by atoms with Gasteiger partial charge in [0.2, 0.25) is 10.0 Å². The number of hydrogen-bond donors (Lipinski definition) is 0. The molecule has 0 atom stereocenters. The van der Waals surface area contributed by atoms with Gasteiger partial charge in [0.25, 0.3) is 0 Å². The number of ketones is 1. The maximum atomic E-state index is 12.6. The summed E-state index contributed by atoms with van der Waals surface area (Å²) in [5.41, 5.74) is 2.29. The maximum absolute atomic E-state index is 12.6. The lowest BCUT2D eigenvalue weighted by Crippen LogP contribution is -2.52. The number of rotatable bonds is 4. The van der Waals surface area contributed by atoms with Gasteiger partial charge in [-0.15, -0.1) is 0 Å². The molecule has 0 radical (unpaired) electrons. The molecule has 0 unspecified atom stereocenters. The summed E-state index contributed by atoms with van der Waals surface area (Å²) in [6.45, 7) is 6.85. The molecule has 2 aliphatic rings. The summed E-state index contributed by atoms with van der Waals surface area (Å²) >= 11 is 0. The molecule has 6 heteroatoms. The zero-order valence-corrected chi connectivity index (χ0v) is 16.1. The Morgan fingerprint density at radius 3 is 2.44 bits per heavy atom. The first-order valence-electron chi connectivity index (χ1n) is 9.08. The minimum absolute atomic E-state index is 0.103. The SMILES string of the molecule is CCCCS(=O)(=O)N1CCC2(CC1)CC(=O)c1cc(C)c(C)cc1O2. The van der Waals surface area contributed by atoms with Gasteiger partial charge in [-0.25, -0.2) is 12.7 Å². The van der Waals surface area contributed by atoms with Crippen molar-refractivity contribution in [1.82, 2.24) is 4.31 Å². The number of hydrogen-bond acceptors (Lipinski definition) is 4. The minimum Gasteiger partial charge on any atom is -0.486 e. The number of carbonyl (C=O) groups excluding carboxylic acids is 1. The van der Waals surface area contributed by atoms with Crippen molar-refractivity contribution in [3.63, 3.8) is 0 Å². The molecule has 1 aromatic carbocycles. The second-order valence-corrected chi connectivity index (χ2v) is 9.47. The van der Waals surface area contributed by atoms with Crippen molar-refractivity contribution in [2.24, 2.45) is 0 Å². The standard InChI is InChI=1S/C19H27NO4S/c1-4-5-10-25(22,23)20-8-6-19(7-9-20)13-17(21)16-11-14(2)15(3)12-18(16)24-19/h11-12H,4-10,13H2,1-3H3. The third-order valence-electron chi connectivity index (χ3n) is 5.49. The Balaban J connectivity index is 1.76. The van der Waals surface area contributed by atoms with Gasteiger partial charge in [-0.2, -0.15) is 0 Å². The highest BCUT2D eigenvalue weighted by Gasteiger charge is 2.44. The number of Topliss-reactive ketones (excluding diaryl/α,β-unsaturated/α-hetero) is 1. The number of carbonyl (C=O) groups is 1. The van der Waals surface area contributed by atoms with Gasteiger partial charge in [-0.3, -0.25) is 4.79 Å². The lowest BCUT2D eigenvalue weighted by Gasteiger charge is -2.43. The van der Waals surface area contributed by atoms with Gasteiger partial charge in [0.1, 0.15) is 11.4 Å². The minimum atomic E-state index is -3.19. The van der Waals surface area contributed by atoms with Crippen LogP contribution in [0.1, 0.15) is 60.5 Å². The normalized spacial score (nSPS) is 20.4. The van der Waals surface area contributed by atoms with Gasteiger partial charge in [-0.1, -0.05) is 13.3 Å². The molecular weight excluding hydrogens is 338 g/mol. The molecule has 2 heterocycles. The van der Waals surface area contributed by atoms with Crippen LogP contribution >= 0.6 is 0 Å². The predicted octanol–water partition coefficient (Wildman–Crippen LogP) is 3.23. The Kier molecular flexibility index (Phi) is 4.95. The second kappa shape index (κ2) is 6.72. The Bertz CT molecular complexity index is 777. The fraction of sp³-hybridized carbons (Fsp3) is 0.632. The molecule has 0 bridgehead atoms. The van der Waals surface area contributed by atoms with Crippen LogP contribution in [0.25, 0.3) is 0 Å². The van der Waals surface area contributed by atoms with E-state index in [-0.39, 0.29) is 11.5 Å². The molecule has 1 fully saturated rings. The second-order valence-electron chi connectivity index (χ2n) is 7.39. The highest BCUT2D eigenvalue weighted by atomic mass is 32.2. The van der Waals surface area contributed by atoms with Crippen LogP contribution in [0.3, 0.4) is 0 Å². The Morgan fingerprint density at radius 2 is 1.80 bits per heavy atom. The molecule has 1 saturated heterocycles. The van der Waals surface area contributed by atoms with Gasteiger partial charge < -0.3 is 4.74 Å². The maximum Gasteiger partial charge on any atom is 0.214 e. The van der Waals surface area contributed by atoms with Crippen molar-refractivity contribution in [2.45, 2.75) is 58.5 Å². The van der Waals surface area contributed by atoms with Crippen LogP contribution < -0.4 is 4.74 Å². The van der Waals surface area contributed by atoms with E-state index in [1.807, 2.05) is 32.9 Å². The van der Waals surface area contributed by atoms with Gasteiger partial charge in [0, 0.05) is 25.9 Å². The molecule has 1 spiro atoms. The highest BCUT2D eigenvalue weighted by molar-refractivity contribution is 7.89. The van der Waals surface area contributed by atoms with E-state index in [0.29, 0.717) is 50.1 Å². The van der Waals surface area contributed by atoms with Crippen LogP contribution in [0.5, 0.6) is 5.75 Å². The third-order valence-corrected chi connectivity index (χ3v) is 7.44. The molecule has 5 nitrogen and oxygen atoms in total. The van der Waals surface area contributed by atoms with Crippen LogP contribution in [-0.2, 0) is 10.0 Å². The van der Waals surface area contributed by atoms with E-state index in [9.17, 15) is 13.2 Å². The molecule has 0 aromatic heterocycles. The van der Waals surface area contributed by atoms with Crippen molar-refractivity contribution in [3.8, 4) is 5.75 Å². The Morgan fingerprint density at radius 1 is 1.16 bits per heavy atom. The molecule has 25 heavy (non-hydrogen) atoms. The fourth-order valence-corrected chi connectivity index (χ4v) is 5.31. The van der Waals surface area contributed by atoms with E-state index in [4.69, 9.17) is 4.74 Å². The average molecular weight is 365 g/mol. The summed E-state index contributed by atoms with van der Waals surface area (Å²) in [5, 5.41) is 0. The van der Waals surface area contributed by atoms with Crippen LogP contribution in [0.4, 0.5) is 0 Å². The summed E-state index contributed by atoms with van der Waals surface area (Å²) in [6, 6.07) is 3.85. The summed E-state index contributed by atoms with van der Waals surface area (Å²) in [7, 11) is -3.19. The van der Waals surface area contributed by atoms with Crippen LogP contribution in [0, 0.1) is 13.8 Å². The quantitative estimate of drug-likeness (QED) is 0.822. The molecular formula is C19H27NO4S. The number of piperidine rings is 1. The molecule has 0 N–H and O–H groups in total. The number of aryl methyl sites for hydroxylation is 2. The summed E-state index contributed by atoms with van der Waals surface area (Å²) in [4.78, 5) is 12.6. The van der Waals surface area contributed by atoms with E-state index >= 15 is 0 Å².